The van der Waals surface area contributed by atoms with E-state index in [4.69, 9.17) is 10.00 Å². The van der Waals surface area contributed by atoms with E-state index >= 15 is 4.39 Å². The fraction of sp³-hybridized carbons (Fsp3) is 0.143. The number of nitrogens with zero attached hydrogens (tertiary/aromatic N) is 2. The van der Waals surface area contributed by atoms with Crippen LogP contribution in [-0.2, 0) is 28.0 Å². The third kappa shape index (κ3) is 3.65. The first-order valence-corrected chi connectivity index (χ1v) is 10.4. The first-order valence-electron chi connectivity index (χ1n) is 9.01. The van der Waals surface area contributed by atoms with Crippen molar-refractivity contribution in [1.29, 1.82) is 5.26 Å². The molecule has 1 saturated heterocycles. The Morgan fingerprint density at radius 3 is 2.57 bits per heavy atom. The molecule has 3 aromatic rings. The van der Waals surface area contributed by atoms with Gasteiger partial charge in [-0.3, -0.25) is 4.79 Å². The highest BCUT2D eigenvalue weighted by molar-refractivity contribution is 7.92. The second kappa shape index (κ2) is 7.65. The number of nitriles is 1. The number of nitrogens with one attached hydrogen (secondary N) is 1. The largest absolute Gasteiger partial charge is 0.487 e. The summed E-state index contributed by atoms with van der Waals surface area (Å²) in [6.07, 6.45) is 0.0824. The molecule has 1 fully saturated rings. The van der Waals surface area contributed by atoms with Gasteiger partial charge in [-0.15, -0.1) is 0 Å². The molecule has 1 aliphatic rings. The summed E-state index contributed by atoms with van der Waals surface area (Å²) in [6, 6.07) is 17.5. The molecule has 9 heteroatoms. The monoisotopic (exact) mass is 425 g/mol. The fourth-order valence-corrected chi connectivity index (χ4v) is 4.45. The van der Waals surface area contributed by atoms with Crippen molar-refractivity contribution < 1.29 is 22.3 Å². The normalized spacial score (nSPS) is 15.1. The minimum absolute atomic E-state index is 0.00281. The number of carbonyl (C=O) groups excluding carboxylic acids is 1. The molecule has 7 nitrogen and oxygen atoms in total. The summed E-state index contributed by atoms with van der Waals surface area (Å²) in [7, 11) is -4.24. The zero-order valence-electron chi connectivity index (χ0n) is 15.6. The van der Waals surface area contributed by atoms with Gasteiger partial charge in [0, 0.05) is 5.39 Å². The smallest absolute Gasteiger partial charge is 0.326 e. The second-order valence-corrected chi connectivity index (χ2v) is 8.33. The average Bonchev–Trinajstić information content (AvgIpc) is 2.99. The number of hydrogen-bond acceptors (Lipinski definition) is 5. The van der Waals surface area contributed by atoms with Crippen molar-refractivity contribution in [2.75, 3.05) is 10.8 Å². The molecule has 1 amide bonds. The Morgan fingerprint density at radius 1 is 1.13 bits per heavy atom. The maximum atomic E-state index is 15.6. The number of rotatable bonds is 5. The van der Waals surface area contributed by atoms with Crippen LogP contribution in [0.5, 0.6) is 5.75 Å². The van der Waals surface area contributed by atoms with E-state index in [2.05, 4.69) is 0 Å². The maximum Gasteiger partial charge on any atom is 0.326 e. The fourth-order valence-electron chi connectivity index (χ4n) is 3.29. The van der Waals surface area contributed by atoms with E-state index < -0.39 is 28.5 Å². The molecule has 0 aromatic heterocycles. The molecule has 0 aliphatic carbocycles. The molecule has 30 heavy (non-hydrogen) atoms. The van der Waals surface area contributed by atoms with Crippen molar-refractivity contribution in [3.63, 3.8) is 0 Å². The lowest BCUT2D eigenvalue weighted by molar-refractivity contribution is -0.117. The van der Waals surface area contributed by atoms with E-state index in [9.17, 15) is 13.2 Å². The zero-order chi connectivity index (χ0) is 21.3. The number of amides is 1. The second-order valence-electron chi connectivity index (χ2n) is 6.74. The maximum absolute atomic E-state index is 15.6. The molecule has 0 unspecified atom stereocenters. The van der Waals surface area contributed by atoms with Gasteiger partial charge in [-0.2, -0.15) is 13.7 Å². The van der Waals surface area contributed by atoms with Crippen LogP contribution in [0.25, 0.3) is 10.8 Å². The Labute approximate surface area is 172 Å². The molecule has 0 saturated carbocycles. The number of ether oxygens (including phenoxy) is 1. The first-order chi connectivity index (χ1) is 14.4. The molecule has 1 N–H and O–H groups in total. The summed E-state index contributed by atoms with van der Waals surface area (Å²) in [5.41, 5.74) is 1.06. The predicted molar refractivity (Wildman–Crippen MR) is 108 cm³/mol. The minimum Gasteiger partial charge on any atom is -0.487 e. The molecule has 4 rings (SSSR count). The van der Waals surface area contributed by atoms with Crippen LogP contribution in [0.2, 0.25) is 0 Å². The molecule has 0 spiro atoms. The highest BCUT2D eigenvalue weighted by atomic mass is 32.2. The summed E-state index contributed by atoms with van der Waals surface area (Å²) in [4.78, 5) is 11.7. The SMILES string of the molecule is N#CCc1ccc2cc(OCc3ccccc3)c(N3CC(=O)NS3(=O)=O)c(F)c2c1. The number of halogens is 1. The van der Waals surface area contributed by atoms with Gasteiger partial charge in [0.15, 0.2) is 5.82 Å². The van der Waals surface area contributed by atoms with Crippen molar-refractivity contribution in [1.82, 2.24) is 4.72 Å². The van der Waals surface area contributed by atoms with Crippen molar-refractivity contribution in [2.45, 2.75) is 13.0 Å². The molecule has 1 heterocycles. The Kier molecular flexibility index (Phi) is 5.01. The summed E-state index contributed by atoms with van der Waals surface area (Å²) in [5, 5.41) is 9.53. The van der Waals surface area contributed by atoms with E-state index in [0.29, 0.717) is 15.3 Å². The van der Waals surface area contributed by atoms with Crippen LogP contribution in [0.4, 0.5) is 10.1 Å². The summed E-state index contributed by atoms with van der Waals surface area (Å²) >= 11 is 0. The number of carbonyl (C=O) groups is 1. The highest BCUT2D eigenvalue weighted by Gasteiger charge is 2.38. The summed E-state index contributed by atoms with van der Waals surface area (Å²) < 4.78 is 48.7. The molecule has 0 atom stereocenters. The lowest BCUT2D eigenvalue weighted by Crippen LogP contribution is -2.30. The van der Waals surface area contributed by atoms with E-state index in [-0.39, 0.29) is 29.9 Å². The topological polar surface area (TPSA) is 99.5 Å². The standard InChI is InChI=1S/C21H16FN3O4S/c22-20-17-10-14(8-9-23)6-7-16(17)11-18(29-13-15-4-2-1-3-5-15)21(20)25-12-19(26)24-30(25,27)28/h1-7,10-11H,8,12-13H2,(H,24,26). The van der Waals surface area contributed by atoms with Crippen LogP contribution in [-0.4, -0.2) is 20.9 Å². The molecular weight excluding hydrogens is 409 g/mol. The lowest BCUT2D eigenvalue weighted by atomic mass is 10.0. The van der Waals surface area contributed by atoms with Gasteiger partial charge in [0.1, 0.15) is 24.6 Å². The van der Waals surface area contributed by atoms with Crippen molar-refractivity contribution in [2.24, 2.45) is 0 Å². The highest BCUT2D eigenvalue weighted by Crippen LogP contribution is 2.39. The van der Waals surface area contributed by atoms with Gasteiger partial charge in [0.2, 0.25) is 0 Å². The van der Waals surface area contributed by atoms with Crippen molar-refractivity contribution in [3.8, 4) is 11.8 Å². The van der Waals surface area contributed by atoms with Crippen LogP contribution in [0, 0.1) is 17.1 Å². The Bertz CT molecular complexity index is 1290. The van der Waals surface area contributed by atoms with E-state index in [1.807, 2.05) is 41.1 Å². The molecule has 152 valence electrons. The van der Waals surface area contributed by atoms with Gasteiger partial charge < -0.3 is 4.74 Å². The number of anilines is 1. The first kappa shape index (κ1) is 19.7. The average molecular weight is 425 g/mol. The molecule has 0 bridgehead atoms. The predicted octanol–water partition coefficient (Wildman–Crippen LogP) is 2.80. The molecular formula is C21H16FN3O4S. The van der Waals surface area contributed by atoms with Crippen LogP contribution in [0.3, 0.4) is 0 Å². The van der Waals surface area contributed by atoms with Gasteiger partial charge >= 0.3 is 10.2 Å². The van der Waals surface area contributed by atoms with Crippen LogP contribution < -0.4 is 13.8 Å². The number of benzene rings is 3. The number of fused-ring (bicyclic) bond motifs is 1. The van der Waals surface area contributed by atoms with Gasteiger partial charge in [-0.25, -0.2) is 13.4 Å². The minimum atomic E-state index is -4.24. The lowest BCUT2D eigenvalue weighted by Gasteiger charge is -2.21. The van der Waals surface area contributed by atoms with Crippen molar-refractivity contribution in [3.05, 3.63) is 71.5 Å². The Morgan fingerprint density at radius 2 is 1.90 bits per heavy atom. The Balaban J connectivity index is 1.86. The third-order valence-electron chi connectivity index (χ3n) is 4.67. The van der Waals surface area contributed by atoms with Gasteiger partial charge in [0.05, 0.1) is 12.5 Å². The zero-order valence-corrected chi connectivity index (χ0v) is 16.4. The van der Waals surface area contributed by atoms with Crippen LogP contribution in [0.15, 0.2) is 54.6 Å². The van der Waals surface area contributed by atoms with Crippen LogP contribution >= 0.6 is 0 Å². The van der Waals surface area contributed by atoms with E-state index in [1.165, 1.54) is 12.1 Å². The van der Waals surface area contributed by atoms with E-state index in [0.717, 1.165) is 5.56 Å². The van der Waals surface area contributed by atoms with Crippen molar-refractivity contribution >= 4 is 32.6 Å². The third-order valence-corrected chi connectivity index (χ3v) is 6.05. The van der Waals surface area contributed by atoms with Gasteiger partial charge in [-0.1, -0.05) is 42.5 Å². The summed E-state index contributed by atoms with van der Waals surface area (Å²) in [5.74, 6) is -1.60. The van der Waals surface area contributed by atoms with E-state index in [1.54, 1.807) is 12.1 Å². The quantitative estimate of drug-likeness (QED) is 0.678. The van der Waals surface area contributed by atoms with Crippen LogP contribution in [0.1, 0.15) is 11.1 Å². The van der Waals surface area contributed by atoms with Gasteiger partial charge in [-0.05, 0) is 28.6 Å². The Hall–Kier alpha value is -3.64. The number of hydrogen-bond donors (Lipinski definition) is 1. The molecule has 3 aromatic carbocycles. The molecule has 0 radical (unpaired) electrons. The van der Waals surface area contributed by atoms with Gasteiger partial charge in [0.25, 0.3) is 5.91 Å². The molecule has 1 aliphatic heterocycles. The summed E-state index contributed by atoms with van der Waals surface area (Å²) in [6.45, 7) is -0.467.